The molecule has 8 aromatic rings. The average molecular weight is 507 g/mol. The van der Waals surface area contributed by atoms with Crippen molar-refractivity contribution in [1.29, 1.82) is 0 Å². The Morgan fingerprint density at radius 2 is 0.750 bits per heavy atom. The van der Waals surface area contributed by atoms with Crippen molar-refractivity contribution in [3.05, 3.63) is 158 Å². The fourth-order valence-electron chi connectivity index (χ4n) is 6.31. The summed E-state index contributed by atoms with van der Waals surface area (Å²) in [6.45, 7) is 0. The molecule has 0 N–H and O–H groups in total. The van der Waals surface area contributed by atoms with Crippen molar-refractivity contribution in [2.45, 2.75) is 0 Å². The summed E-state index contributed by atoms with van der Waals surface area (Å²) in [7, 11) is 0. The second kappa shape index (κ2) is 9.22. The van der Waals surface area contributed by atoms with E-state index in [2.05, 4.69) is 158 Å². The molecule has 0 nitrogen and oxygen atoms in total. The first-order valence-corrected chi connectivity index (χ1v) is 13.9. The molecule has 8 aromatic carbocycles. The minimum absolute atomic E-state index is 1.23. The zero-order chi connectivity index (χ0) is 26.5. The first kappa shape index (κ1) is 22.8. The lowest BCUT2D eigenvalue weighted by molar-refractivity contribution is 1.60. The van der Waals surface area contributed by atoms with Crippen molar-refractivity contribution >= 4 is 43.1 Å². The quantitative estimate of drug-likeness (QED) is 0.209. The molecule has 0 amide bonds. The van der Waals surface area contributed by atoms with Crippen molar-refractivity contribution < 1.29 is 0 Å². The summed E-state index contributed by atoms with van der Waals surface area (Å²) >= 11 is 0. The van der Waals surface area contributed by atoms with Crippen LogP contribution in [0.2, 0.25) is 0 Å². The third-order valence-corrected chi connectivity index (χ3v) is 8.17. The molecule has 0 aliphatic rings. The van der Waals surface area contributed by atoms with Crippen LogP contribution < -0.4 is 0 Å². The second-order valence-electron chi connectivity index (χ2n) is 10.6. The first-order chi connectivity index (χ1) is 19.8. The summed E-state index contributed by atoms with van der Waals surface area (Å²) in [5.74, 6) is 0. The van der Waals surface area contributed by atoms with Gasteiger partial charge in [0.25, 0.3) is 0 Å². The zero-order valence-corrected chi connectivity index (χ0v) is 22.0. The molecule has 0 fully saturated rings. The average Bonchev–Trinajstić information content (AvgIpc) is 3.02. The van der Waals surface area contributed by atoms with Gasteiger partial charge in [0.05, 0.1) is 0 Å². The smallest absolute Gasteiger partial charge is 0.00141 e. The Hall–Kier alpha value is -5.20. The summed E-state index contributed by atoms with van der Waals surface area (Å²) in [5.41, 5.74) is 7.53. The molecular weight excluding hydrogens is 480 g/mol. The summed E-state index contributed by atoms with van der Waals surface area (Å²) in [4.78, 5) is 0. The van der Waals surface area contributed by atoms with Crippen LogP contribution in [-0.2, 0) is 0 Å². The Labute approximate surface area is 233 Å². The molecule has 0 aliphatic heterocycles. The largest absolute Gasteiger partial charge is 0.0622 e. The number of hydrogen-bond donors (Lipinski definition) is 0. The lowest BCUT2D eigenvalue weighted by atomic mass is 9.82. The van der Waals surface area contributed by atoms with Crippen molar-refractivity contribution in [1.82, 2.24) is 0 Å². The Morgan fingerprint density at radius 3 is 1.40 bits per heavy atom. The maximum Gasteiger partial charge on any atom is -0.00141 e. The van der Waals surface area contributed by atoms with Crippen LogP contribution in [-0.4, -0.2) is 0 Å². The summed E-state index contributed by atoms with van der Waals surface area (Å²) < 4.78 is 0. The predicted octanol–water partition coefficient (Wildman–Crippen LogP) is 11.3. The fraction of sp³-hybridized carbons (Fsp3) is 0. The van der Waals surface area contributed by atoms with E-state index in [0.29, 0.717) is 0 Å². The molecule has 0 heterocycles. The van der Waals surface area contributed by atoms with Gasteiger partial charge in [0.1, 0.15) is 0 Å². The molecule has 0 aromatic heterocycles. The van der Waals surface area contributed by atoms with Gasteiger partial charge in [-0.15, -0.1) is 0 Å². The van der Waals surface area contributed by atoms with Gasteiger partial charge in [-0.05, 0) is 107 Å². The van der Waals surface area contributed by atoms with E-state index in [4.69, 9.17) is 0 Å². The normalized spacial score (nSPS) is 11.5. The SMILES string of the molecule is c1ccc(-c2cc3cc4ccccc4cc3c(-c3cccc4cc5ccccc5cc34)c2-c2ccccc2)cc1. The molecule has 0 unspecified atom stereocenters. The van der Waals surface area contributed by atoms with Gasteiger partial charge in [-0.2, -0.15) is 0 Å². The van der Waals surface area contributed by atoms with Gasteiger partial charge in [-0.1, -0.05) is 127 Å². The molecule has 0 atom stereocenters. The molecule has 0 radical (unpaired) electrons. The van der Waals surface area contributed by atoms with Crippen molar-refractivity contribution in [2.24, 2.45) is 0 Å². The van der Waals surface area contributed by atoms with Gasteiger partial charge in [0, 0.05) is 0 Å². The van der Waals surface area contributed by atoms with Gasteiger partial charge < -0.3 is 0 Å². The van der Waals surface area contributed by atoms with Crippen LogP contribution in [0, 0.1) is 0 Å². The minimum atomic E-state index is 1.23. The summed E-state index contributed by atoms with van der Waals surface area (Å²) in [5, 5.41) is 10.1. The predicted molar refractivity (Wildman–Crippen MR) is 173 cm³/mol. The molecule has 0 saturated heterocycles. The zero-order valence-electron chi connectivity index (χ0n) is 22.0. The Kier molecular flexibility index (Phi) is 5.24. The minimum Gasteiger partial charge on any atom is -0.0622 e. The van der Waals surface area contributed by atoms with Gasteiger partial charge in [-0.3, -0.25) is 0 Å². The number of fused-ring (bicyclic) bond motifs is 4. The van der Waals surface area contributed by atoms with Crippen LogP contribution in [0.1, 0.15) is 0 Å². The van der Waals surface area contributed by atoms with E-state index in [1.807, 2.05) is 0 Å². The molecule has 0 spiro atoms. The molecule has 0 aliphatic carbocycles. The maximum atomic E-state index is 2.39. The summed E-state index contributed by atoms with van der Waals surface area (Å²) in [6.07, 6.45) is 0. The standard InChI is InChI=1S/C40H26/c1-3-12-27(13-4-1)37-26-34-23-30-17-8-10-19-32(30)25-38(34)40(39(37)28-14-5-2-6-15-28)35-21-11-20-33-22-29-16-7-9-18-31(29)24-36(33)35/h1-26H. The van der Waals surface area contributed by atoms with Crippen molar-refractivity contribution in [3.8, 4) is 33.4 Å². The van der Waals surface area contributed by atoms with E-state index >= 15 is 0 Å². The van der Waals surface area contributed by atoms with Gasteiger partial charge in [0.15, 0.2) is 0 Å². The molecule has 186 valence electrons. The number of rotatable bonds is 3. The van der Waals surface area contributed by atoms with E-state index in [-0.39, 0.29) is 0 Å². The Balaban J connectivity index is 1.60. The highest BCUT2D eigenvalue weighted by atomic mass is 14.2. The molecular formula is C40H26. The highest BCUT2D eigenvalue weighted by Gasteiger charge is 2.20. The third-order valence-electron chi connectivity index (χ3n) is 8.17. The van der Waals surface area contributed by atoms with Crippen molar-refractivity contribution in [3.63, 3.8) is 0 Å². The van der Waals surface area contributed by atoms with E-state index in [1.165, 1.54) is 76.5 Å². The lowest BCUT2D eigenvalue weighted by Gasteiger charge is -2.21. The van der Waals surface area contributed by atoms with Crippen LogP contribution in [0.15, 0.2) is 158 Å². The molecule has 0 heteroatoms. The Morgan fingerprint density at radius 1 is 0.250 bits per heavy atom. The molecule has 40 heavy (non-hydrogen) atoms. The van der Waals surface area contributed by atoms with Gasteiger partial charge in [0.2, 0.25) is 0 Å². The lowest BCUT2D eigenvalue weighted by Crippen LogP contribution is -1.94. The van der Waals surface area contributed by atoms with Crippen LogP contribution >= 0.6 is 0 Å². The number of hydrogen-bond acceptors (Lipinski definition) is 0. The Bertz CT molecular complexity index is 2190. The van der Waals surface area contributed by atoms with Crippen LogP contribution in [0.3, 0.4) is 0 Å². The number of benzene rings is 8. The topological polar surface area (TPSA) is 0 Å². The maximum absolute atomic E-state index is 2.39. The highest BCUT2D eigenvalue weighted by molar-refractivity contribution is 6.18. The molecule has 0 bridgehead atoms. The molecule has 0 saturated carbocycles. The van der Waals surface area contributed by atoms with E-state index in [0.717, 1.165) is 0 Å². The highest BCUT2D eigenvalue weighted by Crippen LogP contribution is 2.47. The second-order valence-corrected chi connectivity index (χ2v) is 10.6. The third kappa shape index (κ3) is 3.69. The van der Waals surface area contributed by atoms with E-state index in [9.17, 15) is 0 Å². The summed E-state index contributed by atoms with van der Waals surface area (Å²) in [6, 6.07) is 57.7. The van der Waals surface area contributed by atoms with Gasteiger partial charge in [-0.25, -0.2) is 0 Å². The fourth-order valence-corrected chi connectivity index (χ4v) is 6.31. The monoisotopic (exact) mass is 506 g/mol. The van der Waals surface area contributed by atoms with Gasteiger partial charge >= 0.3 is 0 Å². The van der Waals surface area contributed by atoms with Crippen LogP contribution in [0.4, 0.5) is 0 Å². The first-order valence-electron chi connectivity index (χ1n) is 13.9. The van der Waals surface area contributed by atoms with Crippen molar-refractivity contribution in [2.75, 3.05) is 0 Å². The van der Waals surface area contributed by atoms with Crippen LogP contribution in [0.25, 0.3) is 76.5 Å². The van der Waals surface area contributed by atoms with E-state index in [1.54, 1.807) is 0 Å². The van der Waals surface area contributed by atoms with Crippen LogP contribution in [0.5, 0.6) is 0 Å². The van der Waals surface area contributed by atoms with E-state index < -0.39 is 0 Å². The molecule has 8 rings (SSSR count).